The Balaban J connectivity index is 1.39. The standard InChI is InChI=1S/C24H29FN4O2S2/c25-18-6-8-19(9-7-18)26-24(32)29-14-10-17(11-15-29)21(23(31)28-12-2-1-3-13-28)27-22(30)20-5-4-16-33-20/h4-9,16-17,21H,1-3,10-15H2,(H,26,32)(H,27,30). The lowest BCUT2D eigenvalue weighted by molar-refractivity contribution is -0.136. The first-order chi connectivity index (χ1) is 16.0. The van der Waals surface area contributed by atoms with Crippen LogP contribution in [0.5, 0.6) is 0 Å². The predicted molar refractivity (Wildman–Crippen MR) is 133 cm³/mol. The fraction of sp³-hybridized carbons (Fsp3) is 0.458. The SMILES string of the molecule is O=C(NC(C(=O)N1CCCCC1)C1CCN(C(=S)Nc2ccc(F)cc2)CC1)c1cccs1. The van der Waals surface area contributed by atoms with Crippen LogP contribution in [-0.4, -0.2) is 58.9 Å². The highest BCUT2D eigenvalue weighted by molar-refractivity contribution is 7.80. The van der Waals surface area contributed by atoms with E-state index in [0.717, 1.165) is 50.9 Å². The van der Waals surface area contributed by atoms with Crippen LogP contribution >= 0.6 is 23.6 Å². The van der Waals surface area contributed by atoms with Gasteiger partial charge in [0.15, 0.2) is 5.11 Å². The Labute approximate surface area is 203 Å². The normalized spacial score (nSPS) is 18.0. The quantitative estimate of drug-likeness (QED) is 0.621. The Morgan fingerprint density at radius 1 is 1.00 bits per heavy atom. The van der Waals surface area contributed by atoms with Gasteiger partial charge in [0, 0.05) is 31.9 Å². The third-order valence-corrected chi connectivity index (χ3v) is 7.59. The van der Waals surface area contributed by atoms with Crippen molar-refractivity contribution < 1.29 is 14.0 Å². The molecular weight excluding hydrogens is 459 g/mol. The maximum atomic E-state index is 13.4. The second-order valence-corrected chi connectivity index (χ2v) is 9.91. The van der Waals surface area contributed by atoms with Crippen LogP contribution in [0.3, 0.4) is 0 Å². The third-order valence-electron chi connectivity index (χ3n) is 6.36. The molecule has 0 aliphatic carbocycles. The van der Waals surface area contributed by atoms with Crippen molar-refractivity contribution in [1.29, 1.82) is 0 Å². The van der Waals surface area contributed by atoms with E-state index in [1.54, 1.807) is 18.2 Å². The molecule has 1 unspecified atom stereocenters. The van der Waals surface area contributed by atoms with Gasteiger partial charge < -0.3 is 20.4 Å². The van der Waals surface area contributed by atoms with Crippen LogP contribution in [0.25, 0.3) is 0 Å². The molecule has 2 aliphatic rings. The molecule has 0 saturated carbocycles. The predicted octanol–water partition coefficient (Wildman–Crippen LogP) is 4.11. The van der Waals surface area contributed by atoms with Crippen molar-refractivity contribution in [2.24, 2.45) is 5.92 Å². The summed E-state index contributed by atoms with van der Waals surface area (Å²) in [5.41, 5.74) is 0.741. The number of halogens is 1. The highest BCUT2D eigenvalue weighted by Gasteiger charge is 2.36. The Bertz CT molecular complexity index is 953. The lowest BCUT2D eigenvalue weighted by Gasteiger charge is -2.39. The molecule has 33 heavy (non-hydrogen) atoms. The molecule has 1 aromatic carbocycles. The van der Waals surface area contributed by atoms with Crippen LogP contribution < -0.4 is 10.6 Å². The molecule has 9 heteroatoms. The second kappa shape index (κ2) is 11.1. The number of carbonyl (C=O) groups is 2. The van der Waals surface area contributed by atoms with E-state index in [1.165, 1.54) is 23.5 Å². The van der Waals surface area contributed by atoms with Gasteiger partial charge in [0.2, 0.25) is 5.91 Å². The number of hydrogen-bond acceptors (Lipinski definition) is 4. The molecule has 2 aliphatic heterocycles. The number of carbonyl (C=O) groups excluding carboxylic acids is 2. The maximum Gasteiger partial charge on any atom is 0.262 e. The number of nitrogens with zero attached hydrogens (tertiary/aromatic N) is 2. The number of rotatable bonds is 5. The summed E-state index contributed by atoms with van der Waals surface area (Å²) in [7, 11) is 0. The first kappa shape index (κ1) is 23.6. The minimum Gasteiger partial charge on any atom is -0.349 e. The van der Waals surface area contributed by atoms with Crippen molar-refractivity contribution in [3.8, 4) is 0 Å². The van der Waals surface area contributed by atoms with Crippen molar-refractivity contribution in [2.45, 2.75) is 38.1 Å². The average Bonchev–Trinajstić information content (AvgIpc) is 3.39. The number of thiophene rings is 1. The number of benzene rings is 1. The van der Waals surface area contributed by atoms with Gasteiger partial charge in [0.05, 0.1) is 4.88 Å². The topological polar surface area (TPSA) is 64.7 Å². The number of anilines is 1. The van der Waals surface area contributed by atoms with Gasteiger partial charge in [-0.1, -0.05) is 6.07 Å². The molecule has 3 heterocycles. The summed E-state index contributed by atoms with van der Waals surface area (Å²) in [5.74, 6) is -0.393. The molecule has 1 aromatic heterocycles. The lowest BCUT2D eigenvalue weighted by Crippen LogP contribution is -2.55. The number of likely N-dealkylation sites (tertiary alicyclic amines) is 2. The van der Waals surface area contributed by atoms with Crippen molar-refractivity contribution in [2.75, 3.05) is 31.5 Å². The largest absolute Gasteiger partial charge is 0.349 e. The van der Waals surface area contributed by atoms with E-state index >= 15 is 0 Å². The van der Waals surface area contributed by atoms with E-state index in [1.807, 2.05) is 16.3 Å². The van der Waals surface area contributed by atoms with Crippen LogP contribution in [0.4, 0.5) is 10.1 Å². The van der Waals surface area contributed by atoms with Gasteiger partial charge in [-0.25, -0.2) is 4.39 Å². The van der Waals surface area contributed by atoms with Gasteiger partial charge in [-0.05, 0) is 86.0 Å². The van der Waals surface area contributed by atoms with E-state index < -0.39 is 6.04 Å². The molecule has 176 valence electrons. The van der Waals surface area contributed by atoms with Crippen molar-refractivity contribution in [3.63, 3.8) is 0 Å². The molecule has 0 bridgehead atoms. The lowest BCUT2D eigenvalue weighted by atomic mass is 9.88. The smallest absolute Gasteiger partial charge is 0.262 e. The van der Waals surface area contributed by atoms with Crippen LogP contribution in [0.15, 0.2) is 41.8 Å². The van der Waals surface area contributed by atoms with Crippen molar-refractivity contribution in [3.05, 3.63) is 52.5 Å². The summed E-state index contributed by atoms with van der Waals surface area (Å²) in [6.07, 6.45) is 4.67. The van der Waals surface area contributed by atoms with Gasteiger partial charge in [0.1, 0.15) is 11.9 Å². The monoisotopic (exact) mass is 488 g/mol. The molecule has 6 nitrogen and oxygen atoms in total. The molecule has 2 N–H and O–H groups in total. The van der Waals surface area contributed by atoms with Gasteiger partial charge in [0.25, 0.3) is 5.91 Å². The summed E-state index contributed by atoms with van der Waals surface area (Å²) in [5, 5.41) is 8.66. The van der Waals surface area contributed by atoms with Crippen LogP contribution in [0.1, 0.15) is 41.8 Å². The van der Waals surface area contributed by atoms with Crippen molar-refractivity contribution in [1.82, 2.24) is 15.1 Å². The van der Waals surface area contributed by atoms with Gasteiger partial charge >= 0.3 is 0 Å². The van der Waals surface area contributed by atoms with Crippen LogP contribution in [0.2, 0.25) is 0 Å². The Kier molecular flexibility index (Phi) is 7.93. The summed E-state index contributed by atoms with van der Waals surface area (Å²) < 4.78 is 13.1. The number of piperidine rings is 2. The van der Waals surface area contributed by atoms with Crippen LogP contribution in [-0.2, 0) is 4.79 Å². The molecule has 0 spiro atoms. The molecular formula is C24H29FN4O2S2. The van der Waals surface area contributed by atoms with Crippen LogP contribution in [0, 0.1) is 11.7 Å². The molecule has 2 fully saturated rings. The van der Waals surface area contributed by atoms with E-state index in [2.05, 4.69) is 15.5 Å². The zero-order chi connectivity index (χ0) is 23.2. The highest BCUT2D eigenvalue weighted by Crippen LogP contribution is 2.25. The first-order valence-corrected chi connectivity index (χ1v) is 12.7. The zero-order valence-electron chi connectivity index (χ0n) is 18.5. The number of thiocarbonyl (C=S) groups is 1. The van der Waals surface area contributed by atoms with E-state index in [9.17, 15) is 14.0 Å². The Morgan fingerprint density at radius 3 is 2.33 bits per heavy atom. The number of nitrogens with one attached hydrogen (secondary N) is 2. The first-order valence-electron chi connectivity index (χ1n) is 11.5. The number of amides is 2. The number of hydrogen-bond donors (Lipinski definition) is 2. The molecule has 0 radical (unpaired) electrons. The van der Waals surface area contributed by atoms with Gasteiger partial charge in [-0.15, -0.1) is 11.3 Å². The van der Waals surface area contributed by atoms with Crippen molar-refractivity contribution >= 4 is 46.2 Å². The summed E-state index contributed by atoms with van der Waals surface area (Å²) in [6, 6.07) is 9.19. The molecule has 2 saturated heterocycles. The summed E-state index contributed by atoms with van der Waals surface area (Å²) in [4.78, 5) is 30.8. The molecule has 4 rings (SSSR count). The van der Waals surface area contributed by atoms with Gasteiger partial charge in [-0.3, -0.25) is 9.59 Å². The maximum absolute atomic E-state index is 13.4. The Hall–Kier alpha value is -2.52. The minimum absolute atomic E-state index is 0.0325. The molecule has 1 atom stereocenters. The fourth-order valence-corrected chi connectivity index (χ4v) is 5.41. The van der Waals surface area contributed by atoms with E-state index in [4.69, 9.17) is 12.2 Å². The third kappa shape index (κ3) is 6.09. The molecule has 2 aromatic rings. The highest BCUT2D eigenvalue weighted by atomic mass is 32.1. The minimum atomic E-state index is -0.529. The van der Waals surface area contributed by atoms with E-state index in [0.29, 0.717) is 23.1 Å². The zero-order valence-corrected chi connectivity index (χ0v) is 20.1. The van der Waals surface area contributed by atoms with E-state index in [-0.39, 0.29) is 23.5 Å². The summed E-state index contributed by atoms with van der Waals surface area (Å²) >= 11 is 6.93. The Morgan fingerprint density at radius 2 is 1.70 bits per heavy atom. The summed E-state index contributed by atoms with van der Waals surface area (Å²) in [6.45, 7) is 2.90. The molecule has 2 amide bonds. The second-order valence-electron chi connectivity index (χ2n) is 8.58. The fourth-order valence-electron chi connectivity index (χ4n) is 4.48. The average molecular weight is 489 g/mol. The van der Waals surface area contributed by atoms with Gasteiger partial charge in [-0.2, -0.15) is 0 Å².